The molecule has 0 aliphatic carbocycles. The lowest BCUT2D eigenvalue weighted by Crippen LogP contribution is -2.21. The second-order valence-electron chi connectivity index (χ2n) is 4.47. The second kappa shape index (κ2) is 6.12. The van der Waals surface area contributed by atoms with E-state index >= 15 is 0 Å². The Hall–Kier alpha value is -2.45. The van der Waals surface area contributed by atoms with Crippen LogP contribution in [0.2, 0.25) is 0 Å². The van der Waals surface area contributed by atoms with E-state index in [9.17, 15) is 0 Å². The summed E-state index contributed by atoms with van der Waals surface area (Å²) < 4.78 is 0. The molecule has 8 heteroatoms. The third-order valence-corrected chi connectivity index (χ3v) is 4.91. The van der Waals surface area contributed by atoms with Crippen molar-refractivity contribution in [1.82, 2.24) is 9.97 Å². The molecule has 2 aromatic heterocycles. The monoisotopic (exact) mass is 330 g/mol. The summed E-state index contributed by atoms with van der Waals surface area (Å²) in [6, 6.07) is 9.92. The van der Waals surface area contributed by atoms with Crippen LogP contribution in [0, 0.1) is 6.92 Å². The molecule has 0 aliphatic rings. The Bertz CT molecular complexity index is 802. The number of hydrogen-bond acceptors (Lipinski definition) is 6. The molecule has 0 bridgehead atoms. The van der Waals surface area contributed by atoms with Crippen LogP contribution in [-0.4, -0.2) is 15.9 Å². The van der Waals surface area contributed by atoms with Crippen molar-refractivity contribution in [3.63, 3.8) is 0 Å². The minimum absolute atomic E-state index is 0.0102. The van der Waals surface area contributed by atoms with Gasteiger partial charge < -0.3 is 16.8 Å². The third-order valence-electron chi connectivity index (χ3n) is 2.76. The van der Waals surface area contributed by atoms with E-state index in [0.717, 1.165) is 26.3 Å². The number of para-hydroxylation sites is 1. The van der Waals surface area contributed by atoms with Crippen molar-refractivity contribution in [2.45, 2.75) is 6.92 Å². The van der Waals surface area contributed by atoms with Gasteiger partial charge in [0.2, 0.25) is 5.13 Å². The Morgan fingerprint density at radius 3 is 2.68 bits per heavy atom. The minimum atomic E-state index is 0.0102. The van der Waals surface area contributed by atoms with E-state index in [-0.39, 0.29) is 5.96 Å². The van der Waals surface area contributed by atoms with Gasteiger partial charge in [-0.3, -0.25) is 0 Å². The van der Waals surface area contributed by atoms with Crippen LogP contribution >= 0.6 is 22.7 Å². The zero-order chi connectivity index (χ0) is 15.5. The van der Waals surface area contributed by atoms with Crippen LogP contribution in [0.25, 0.3) is 9.75 Å². The quantitative estimate of drug-likeness (QED) is 0.503. The minimum Gasteiger partial charge on any atom is -0.370 e. The Morgan fingerprint density at radius 2 is 1.95 bits per heavy atom. The van der Waals surface area contributed by atoms with Crippen LogP contribution in [0.1, 0.15) is 5.69 Å². The molecule has 0 amide bonds. The summed E-state index contributed by atoms with van der Waals surface area (Å²) in [6.45, 7) is 1.93. The highest BCUT2D eigenvalue weighted by atomic mass is 32.1. The topological polar surface area (TPSA) is 102 Å². The molecular weight excluding hydrogens is 316 g/mol. The van der Waals surface area contributed by atoms with Crippen molar-refractivity contribution in [3.8, 4) is 9.75 Å². The summed E-state index contributed by atoms with van der Waals surface area (Å²) in [7, 11) is 0. The molecule has 3 rings (SSSR count). The number of guanidine groups is 1. The number of rotatable bonds is 4. The van der Waals surface area contributed by atoms with Crippen LogP contribution < -0.4 is 16.8 Å². The van der Waals surface area contributed by atoms with Crippen LogP contribution in [0.3, 0.4) is 0 Å². The number of aliphatic imine (C=N–C) groups is 1. The number of thiazole rings is 2. The predicted octanol–water partition coefficient (Wildman–Crippen LogP) is 3.22. The molecule has 2 heterocycles. The maximum Gasteiger partial charge on any atom is 0.213 e. The van der Waals surface area contributed by atoms with E-state index < -0.39 is 0 Å². The van der Waals surface area contributed by atoms with Gasteiger partial charge in [0.1, 0.15) is 0 Å². The average molecular weight is 330 g/mol. The lowest BCUT2D eigenvalue weighted by Gasteiger charge is -2.00. The van der Waals surface area contributed by atoms with E-state index in [4.69, 9.17) is 11.5 Å². The second-order valence-corrected chi connectivity index (χ2v) is 6.48. The molecule has 22 heavy (non-hydrogen) atoms. The third kappa shape index (κ3) is 3.23. The summed E-state index contributed by atoms with van der Waals surface area (Å²) in [4.78, 5) is 14.8. The Labute approximate surface area is 135 Å². The van der Waals surface area contributed by atoms with Gasteiger partial charge in [-0.15, -0.1) is 0 Å². The first-order valence-corrected chi connectivity index (χ1v) is 8.10. The van der Waals surface area contributed by atoms with Crippen molar-refractivity contribution < 1.29 is 0 Å². The standard InChI is InChI=1S/C14H14N6S2/c1-8-11(22-14(18-8)20-12(15)16)10-7-17-13(21-10)19-9-5-3-2-4-6-9/h2-7H,1H3,(H,17,19)(H4,15,16,18,20). The molecule has 6 nitrogen and oxygen atoms in total. The molecule has 0 spiro atoms. The van der Waals surface area contributed by atoms with Crippen LogP contribution in [-0.2, 0) is 0 Å². The summed E-state index contributed by atoms with van der Waals surface area (Å²) in [6.07, 6.45) is 1.83. The van der Waals surface area contributed by atoms with E-state index in [1.165, 1.54) is 11.3 Å². The van der Waals surface area contributed by atoms with Gasteiger partial charge in [-0.25, -0.2) is 9.97 Å². The summed E-state index contributed by atoms with van der Waals surface area (Å²) >= 11 is 3.01. The van der Waals surface area contributed by atoms with Crippen molar-refractivity contribution in [3.05, 3.63) is 42.2 Å². The molecule has 0 aliphatic heterocycles. The van der Waals surface area contributed by atoms with E-state index in [1.54, 1.807) is 11.3 Å². The molecule has 1 aromatic carbocycles. The zero-order valence-corrected chi connectivity index (χ0v) is 13.4. The molecule has 3 aromatic rings. The first kappa shape index (κ1) is 14.5. The van der Waals surface area contributed by atoms with E-state index in [1.807, 2.05) is 43.5 Å². The fourth-order valence-corrected chi connectivity index (χ4v) is 3.79. The lowest BCUT2D eigenvalue weighted by molar-refractivity contribution is 1.24. The number of aryl methyl sites for hydroxylation is 1. The number of aromatic nitrogens is 2. The molecule has 0 unspecified atom stereocenters. The number of nitrogens with two attached hydrogens (primary N) is 2. The SMILES string of the molecule is Cc1nc(N=C(N)N)sc1-c1cnc(Nc2ccccc2)s1. The Balaban J connectivity index is 1.85. The highest BCUT2D eigenvalue weighted by Gasteiger charge is 2.13. The highest BCUT2D eigenvalue weighted by Crippen LogP contribution is 2.38. The van der Waals surface area contributed by atoms with Gasteiger partial charge in [0, 0.05) is 11.9 Å². The van der Waals surface area contributed by atoms with Crippen LogP contribution in [0.5, 0.6) is 0 Å². The largest absolute Gasteiger partial charge is 0.370 e. The maximum atomic E-state index is 5.39. The molecular formula is C14H14N6S2. The fourth-order valence-electron chi connectivity index (χ4n) is 1.85. The zero-order valence-electron chi connectivity index (χ0n) is 11.8. The number of nitrogens with zero attached hydrogens (tertiary/aromatic N) is 3. The van der Waals surface area contributed by atoms with Gasteiger partial charge in [-0.05, 0) is 19.1 Å². The van der Waals surface area contributed by atoms with Gasteiger partial charge in [0.05, 0.1) is 15.4 Å². The van der Waals surface area contributed by atoms with Crippen molar-refractivity contribution in [2.75, 3.05) is 5.32 Å². The molecule has 5 N–H and O–H groups in total. The summed E-state index contributed by atoms with van der Waals surface area (Å²) in [5.41, 5.74) is 12.7. The van der Waals surface area contributed by atoms with Gasteiger partial charge in [0.15, 0.2) is 11.1 Å². The lowest BCUT2D eigenvalue weighted by atomic mass is 10.3. The Kier molecular flexibility index (Phi) is 4.03. The van der Waals surface area contributed by atoms with Crippen molar-refractivity contribution >= 4 is 44.6 Å². The Morgan fingerprint density at radius 1 is 1.18 bits per heavy atom. The smallest absolute Gasteiger partial charge is 0.213 e. The van der Waals surface area contributed by atoms with Gasteiger partial charge in [0.25, 0.3) is 0 Å². The van der Waals surface area contributed by atoms with Crippen molar-refractivity contribution in [2.24, 2.45) is 16.5 Å². The van der Waals surface area contributed by atoms with Gasteiger partial charge in [-0.2, -0.15) is 4.99 Å². The van der Waals surface area contributed by atoms with Gasteiger partial charge in [-0.1, -0.05) is 40.9 Å². The number of hydrogen-bond donors (Lipinski definition) is 3. The molecule has 0 fully saturated rings. The fraction of sp³-hybridized carbons (Fsp3) is 0.0714. The number of anilines is 2. The average Bonchev–Trinajstić information content (AvgIpc) is 3.06. The molecule has 0 atom stereocenters. The first-order valence-electron chi connectivity index (χ1n) is 6.47. The van der Waals surface area contributed by atoms with E-state index in [2.05, 4.69) is 20.3 Å². The number of nitrogens with one attached hydrogen (secondary N) is 1. The number of benzene rings is 1. The van der Waals surface area contributed by atoms with E-state index in [0.29, 0.717) is 5.13 Å². The maximum absolute atomic E-state index is 5.39. The normalized spacial score (nSPS) is 10.4. The molecule has 0 radical (unpaired) electrons. The van der Waals surface area contributed by atoms with Crippen LogP contribution in [0.4, 0.5) is 16.0 Å². The molecule has 0 saturated carbocycles. The van der Waals surface area contributed by atoms with Crippen molar-refractivity contribution in [1.29, 1.82) is 0 Å². The first-order chi connectivity index (χ1) is 10.6. The predicted molar refractivity (Wildman–Crippen MR) is 93.2 cm³/mol. The van der Waals surface area contributed by atoms with Gasteiger partial charge >= 0.3 is 0 Å². The van der Waals surface area contributed by atoms with Crippen LogP contribution in [0.15, 0.2) is 41.5 Å². The highest BCUT2D eigenvalue weighted by molar-refractivity contribution is 7.25. The summed E-state index contributed by atoms with van der Waals surface area (Å²) in [5, 5.41) is 4.66. The molecule has 0 saturated heterocycles. The summed E-state index contributed by atoms with van der Waals surface area (Å²) in [5.74, 6) is 0.0102. The molecule has 112 valence electrons.